The second-order valence-corrected chi connectivity index (χ2v) is 5.24. The van der Waals surface area contributed by atoms with Crippen LogP contribution in [-0.4, -0.2) is 47.4 Å². The van der Waals surface area contributed by atoms with E-state index in [9.17, 15) is 14.0 Å². The maximum Gasteiger partial charge on any atom is 0.338 e. The van der Waals surface area contributed by atoms with Gasteiger partial charge in [0.05, 0.1) is 30.8 Å². The second-order valence-electron chi connectivity index (χ2n) is 5.24. The lowest BCUT2D eigenvalue weighted by molar-refractivity contribution is -0.121. The van der Waals surface area contributed by atoms with Crippen LogP contribution in [0.5, 0.6) is 0 Å². The van der Waals surface area contributed by atoms with E-state index in [2.05, 4.69) is 5.32 Å². The Morgan fingerprint density at radius 2 is 2.05 bits per heavy atom. The van der Waals surface area contributed by atoms with Gasteiger partial charge >= 0.3 is 5.97 Å². The summed E-state index contributed by atoms with van der Waals surface area (Å²) in [6.07, 6.45) is 1.21. The van der Waals surface area contributed by atoms with Gasteiger partial charge in [0.15, 0.2) is 0 Å². The number of aliphatic hydroxyl groups excluding tert-OH is 1. The number of nitrogens with one attached hydrogen (secondary N) is 1. The first kappa shape index (κ1) is 16.4. The highest BCUT2D eigenvalue weighted by Gasteiger charge is 2.24. The first-order chi connectivity index (χ1) is 10.5. The summed E-state index contributed by atoms with van der Waals surface area (Å²) in [6, 6.07) is 3.61. The molecule has 2 rings (SSSR count). The third kappa shape index (κ3) is 4.25. The van der Waals surface area contributed by atoms with Gasteiger partial charge in [0.25, 0.3) is 0 Å². The fourth-order valence-corrected chi connectivity index (χ4v) is 2.38. The maximum atomic E-state index is 13.5. The van der Waals surface area contributed by atoms with E-state index in [4.69, 9.17) is 14.9 Å². The third-order valence-corrected chi connectivity index (χ3v) is 3.55. The SMILES string of the molecule is O=C(Cc1ccc(C(=O)O)c(F)c1)NC[C@H]1CC[C@@H](CO)O1. The summed E-state index contributed by atoms with van der Waals surface area (Å²) < 4.78 is 19.0. The molecule has 0 unspecified atom stereocenters. The fraction of sp³-hybridized carbons (Fsp3) is 0.467. The molecule has 2 atom stereocenters. The summed E-state index contributed by atoms with van der Waals surface area (Å²) in [5.74, 6) is -2.49. The Morgan fingerprint density at radius 1 is 1.32 bits per heavy atom. The average Bonchev–Trinajstić information content (AvgIpc) is 2.93. The highest BCUT2D eigenvalue weighted by Crippen LogP contribution is 2.18. The van der Waals surface area contributed by atoms with Crippen LogP contribution < -0.4 is 5.32 Å². The molecular formula is C15H18FNO5. The molecule has 0 saturated carbocycles. The molecule has 1 aromatic rings. The summed E-state index contributed by atoms with van der Waals surface area (Å²) in [6.45, 7) is 0.310. The second kappa shape index (κ2) is 7.33. The number of carbonyl (C=O) groups excluding carboxylic acids is 1. The zero-order valence-electron chi connectivity index (χ0n) is 11.9. The molecule has 0 radical (unpaired) electrons. The first-order valence-electron chi connectivity index (χ1n) is 7.04. The van der Waals surface area contributed by atoms with Crippen LogP contribution >= 0.6 is 0 Å². The Labute approximate surface area is 126 Å². The Hall–Kier alpha value is -1.99. The number of ether oxygens (including phenoxy) is 1. The van der Waals surface area contributed by atoms with Gasteiger partial charge < -0.3 is 20.3 Å². The topological polar surface area (TPSA) is 95.9 Å². The highest BCUT2D eigenvalue weighted by atomic mass is 19.1. The van der Waals surface area contributed by atoms with Crippen molar-refractivity contribution in [2.45, 2.75) is 31.5 Å². The molecule has 7 heteroatoms. The Bertz CT molecular complexity index is 563. The molecule has 1 aliphatic rings. The lowest BCUT2D eigenvalue weighted by atomic mass is 10.1. The molecule has 0 spiro atoms. The number of aromatic carboxylic acids is 1. The largest absolute Gasteiger partial charge is 0.478 e. The van der Waals surface area contributed by atoms with E-state index in [1.54, 1.807) is 0 Å². The number of rotatable bonds is 6. The van der Waals surface area contributed by atoms with Crippen LogP contribution in [0.4, 0.5) is 4.39 Å². The molecule has 120 valence electrons. The van der Waals surface area contributed by atoms with Gasteiger partial charge in [-0.05, 0) is 30.5 Å². The van der Waals surface area contributed by atoms with Gasteiger partial charge in [-0.2, -0.15) is 0 Å². The quantitative estimate of drug-likeness (QED) is 0.719. The molecule has 1 aliphatic heterocycles. The molecule has 0 bridgehead atoms. The van der Waals surface area contributed by atoms with Crippen LogP contribution in [0.1, 0.15) is 28.8 Å². The smallest absolute Gasteiger partial charge is 0.338 e. The van der Waals surface area contributed by atoms with Crippen LogP contribution in [0.25, 0.3) is 0 Å². The lowest BCUT2D eigenvalue weighted by Crippen LogP contribution is -2.33. The van der Waals surface area contributed by atoms with E-state index in [-0.39, 0.29) is 31.1 Å². The van der Waals surface area contributed by atoms with Gasteiger partial charge in [0.1, 0.15) is 5.82 Å². The van der Waals surface area contributed by atoms with E-state index in [0.29, 0.717) is 12.1 Å². The predicted octanol–water partition coefficient (Wildman–Crippen LogP) is 0.722. The number of aliphatic hydroxyl groups is 1. The monoisotopic (exact) mass is 311 g/mol. The van der Waals surface area contributed by atoms with E-state index < -0.39 is 17.3 Å². The Morgan fingerprint density at radius 3 is 2.64 bits per heavy atom. The van der Waals surface area contributed by atoms with Crippen LogP contribution in [0.2, 0.25) is 0 Å². The molecule has 6 nitrogen and oxygen atoms in total. The number of carbonyl (C=O) groups is 2. The number of amides is 1. The van der Waals surface area contributed by atoms with E-state index in [1.807, 2.05) is 0 Å². The molecule has 1 heterocycles. The molecule has 1 fully saturated rings. The highest BCUT2D eigenvalue weighted by molar-refractivity contribution is 5.88. The number of halogens is 1. The van der Waals surface area contributed by atoms with Gasteiger partial charge in [-0.3, -0.25) is 4.79 Å². The number of hydrogen-bond donors (Lipinski definition) is 3. The zero-order valence-corrected chi connectivity index (χ0v) is 11.9. The number of benzene rings is 1. The minimum atomic E-state index is -1.34. The van der Waals surface area contributed by atoms with Crippen LogP contribution in [0, 0.1) is 5.82 Å². The van der Waals surface area contributed by atoms with Crippen molar-refractivity contribution in [3.8, 4) is 0 Å². The van der Waals surface area contributed by atoms with Gasteiger partial charge in [-0.1, -0.05) is 6.07 Å². The summed E-state index contributed by atoms with van der Waals surface area (Å²) in [4.78, 5) is 22.5. The molecule has 0 aromatic heterocycles. The van der Waals surface area contributed by atoms with E-state index in [0.717, 1.165) is 25.0 Å². The minimum Gasteiger partial charge on any atom is -0.478 e. The van der Waals surface area contributed by atoms with Crippen molar-refractivity contribution in [2.75, 3.05) is 13.2 Å². The van der Waals surface area contributed by atoms with Gasteiger partial charge in [0.2, 0.25) is 5.91 Å². The third-order valence-electron chi connectivity index (χ3n) is 3.55. The molecule has 3 N–H and O–H groups in total. The summed E-state index contributed by atoms with van der Waals surface area (Å²) in [5, 5.41) is 20.4. The number of carboxylic acid groups (broad SMARTS) is 1. The minimum absolute atomic E-state index is 0.0281. The zero-order chi connectivity index (χ0) is 16.1. The van der Waals surface area contributed by atoms with Crippen LogP contribution in [0.15, 0.2) is 18.2 Å². The van der Waals surface area contributed by atoms with Gasteiger partial charge in [-0.15, -0.1) is 0 Å². The van der Waals surface area contributed by atoms with Gasteiger partial charge in [-0.25, -0.2) is 9.18 Å². The Kier molecular flexibility index (Phi) is 5.46. The molecule has 22 heavy (non-hydrogen) atoms. The summed E-state index contributed by atoms with van der Waals surface area (Å²) in [7, 11) is 0. The molecular weight excluding hydrogens is 293 g/mol. The van der Waals surface area contributed by atoms with Crippen LogP contribution in [0.3, 0.4) is 0 Å². The van der Waals surface area contributed by atoms with E-state index >= 15 is 0 Å². The summed E-state index contributed by atoms with van der Waals surface area (Å²) in [5.41, 5.74) is -0.0147. The standard InChI is InChI=1S/C15H18FNO5/c16-13-5-9(1-4-12(13)15(20)21)6-14(19)17-7-10-2-3-11(8-18)22-10/h1,4-5,10-11,18H,2-3,6-8H2,(H,17,19)(H,20,21)/t10-,11+/m1/s1. The van der Waals surface area contributed by atoms with Crippen molar-refractivity contribution in [1.82, 2.24) is 5.32 Å². The van der Waals surface area contributed by atoms with Crippen LogP contribution in [-0.2, 0) is 16.0 Å². The summed E-state index contributed by atoms with van der Waals surface area (Å²) >= 11 is 0. The maximum absolute atomic E-state index is 13.5. The lowest BCUT2D eigenvalue weighted by Gasteiger charge is -2.13. The Balaban J connectivity index is 1.82. The average molecular weight is 311 g/mol. The normalized spacial score (nSPS) is 20.8. The molecule has 1 aromatic carbocycles. The predicted molar refractivity (Wildman–Crippen MR) is 75.1 cm³/mol. The molecule has 1 saturated heterocycles. The van der Waals surface area contributed by atoms with Crippen molar-refractivity contribution in [3.05, 3.63) is 35.1 Å². The van der Waals surface area contributed by atoms with Gasteiger partial charge in [0, 0.05) is 6.54 Å². The molecule has 1 amide bonds. The first-order valence-corrected chi connectivity index (χ1v) is 7.04. The molecule has 0 aliphatic carbocycles. The number of hydrogen-bond acceptors (Lipinski definition) is 4. The van der Waals surface area contributed by atoms with Crippen molar-refractivity contribution in [1.29, 1.82) is 0 Å². The van der Waals surface area contributed by atoms with Crippen molar-refractivity contribution < 1.29 is 28.9 Å². The van der Waals surface area contributed by atoms with Crippen molar-refractivity contribution in [2.24, 2.45) is 0 Å². The number of carboxylic acids is 1. The fourth-order valence-electron chi connectivity index (χ4n) is 2.38. The van der Waals surface area contributed by atoms with Crippen molar-refractivity contribution in [3.63, 3.8) is 0 Å². The van der Waals surface area contributed by atoms with Crippen molar-refractivity contribution >= 4 is 11.9 Å². The van der Waals surface area contributed by atoms with E-state index in [1.165, 1.54) is 6.07 Å².